The second-order valence-electron chi connectivity index (χ2n) is 29.3. The predicted molar refractivity (Wildman–Crippen MR) is 502 cm³/mol. The molecule has 0 saturated heterocycles. The van der Waals surface area contributed by atoms with Crippen molar-refractivity contribution < 1.29 is 39.3 Å². The lowest BCUT2D eigenvalue weighted by atomic mass is 10.0. The van der Waals surface area contributed by atoms with Gasteiger partial charge in [0.25, 0.3) is 0 Å². The second kappa shape index (κ2) is 40.9. The van der Waals surface area contributed by atoms with Gasteiger partial charge in [0.15, 0.2) is 46.4 Å². The number of ketones is 5. The number of aliphatic hydroxyl groups is 3. The van der Waals surface area contributed by atoms with Crippen LogP contribution < -0.4 is 38.1 Å². The van der Waals surface area contributed by atoms with E-state index in [1.54, 1.807) is 117 Å². The Bertz CT molecular complexity index is 7150. The van der Waals surface area contributed by atoms with Crippen molar-refractivity contribution in [2.24, 2.45) is 36.4 Å². The van der Waals surface area contributed by atoms with Crippen LogP contribution >= 0.6 is 11.6 Å². The molecular formula is C91H83ClN32O8. The van der Waals surface area contributed by atoms with Crippen molar-refractivity contribution in [3.05, 3.63) is 334 Å². The third-order valence-electron chi connectivity index (χ3n) is 20.2. The van der Waals surface area contributed by atoms with Crippen LogP contribution in [0.2, 0.25) is 0 Å². The van der Waals surface area contributed by atoms with Crippen molar-refractivity contribution in [1.82, 2.24) is 95.8 Å². The van der Waals surface area contributed by atoms with Crippen LogP contribution in [-0.4, -0.2) is 201 Å². The summed E-state index contributed by atoms with van der Waals surface area (Å²) >= 11 is 5.93. The fraction of sp³-hybridized carbons (Fsp3) is 0.121. The molecule has 0 atom stereocenters. The van der Waals surface area contributed by atoms with Gasteiger partial charge in [-0.25, -0.2) is 72.5 Å². The predicted octanol–water partition coefficient (Wildman–Crippen LogP) is 11.2. The fourth-order valence-electron chi connectivity index (χ4n) is 13.5. The Morgan fingerprint density at radius 3 is 1.00 bits per heavy atom. The van der Waals surface area contributed by atoms with E-state index in [0.29, 0.717) is 131 Å². The lowest BCUT2D eigenvalue weighted by Crippen LogP contribution is -2.15. The first-order valence-electron chi connectivity index (χ1n) is 41.1. The molecule has 15 heterocycles. The summed E-state index contributed by atoms with van der Waals surface area (Å²) in [7, 11) is 0. The van der Waals surface area contributed by atoms with E-state index in [4.69, 9.17) is 23.1 Å². The van der Waals surface area contributed by atoms with Gasteiger partial charge in [-0.3, -0.25) is 24.0 Å². The first-order chi connectivity index (χ1) is 64.4. The molecule has 12 N–H and O–H groups in total. The maximum Gasteiger partial charge on any atom is 0.207 e. The largest absolute Gasteiger partial charge is 0.506 e. The average molecular weight is 1790 g/mol. The van der Waals surface area contributed by atoms with Crippen LogP contribution in [0.3, 0.4) is 0 Å². The number of imidazole rings is 5. The van der Waals surface area contributed by atoms with Crippen LogP contribution in [0.5, 0.6) is 0 Å². The third kappa shape index (κ3) is 21.3. The van der Waals surface area contributed by atoms with E-state index in [0.717, 1.165) is 65.9 Å². The minimum absolute atomic E-state index is 0.0689. The van der Waals surface area contributed by atoms with Gasteiger partial charge in [-0.2, -0.15) is 0 Å². The molecular weight excluding hydrogens is 1700 g/mol. The topological polar surface area (TPSA) is 496 Å². The van der Waals surface area contributed by atoms with Gasteiger partial charge in [-0.05, 0) is 122 Å². The fourth-order valence-corrected chi connectivity index (χ4v) is 13.7. The summed E-state index contributed by atoms with van der Waals surface area (Å²) in [6.07, 6.45) is 54.5. The van der Waals surface area contributed by atoms with Gasteiger partial charge in [0, 0.05) is 194 Å². The Labute approximate surface area is 754 Å². The number of aliphatic imine (C=N–C) groups is 5. The Morgan fingerprint density at radius 1 is 0.333 bits per heavy atom. The highest BCUT2D eigenvalue weighted by Crippen LogP contribution is 2.37. The summed E-state index contributed by atoms with van der Waals surface area (Å²) in [5.41, 5.74) is 21.3. The highest BCUT2D eigenvalue weighted by atomic mass is 35.5. The Kier molecular flexibility index (Phi) is 27.1. The van der Waals surface area contributed by atoms with Crippen molar-refractivity contribution in [3.63, 3.8) is 0 Å². The number of nitrogens with two attached hydrogens (primary N) is 2. The number of aromatic nitrogens is 20. The van der Waals surface area contributed by atoms with E-state index in [9.17, 15) is 39.3 Å². The maximum absolute atomic E-state index is 12.2. The Balaban J connectivity index is 0.000000120. The quantitative estimate of drug-likeness (QED) is 0.0188. The number of anilines is 5. The molecule has 132 heavy (non-hydrogen) atoms. The first kappa shape index (κ1) is 87.4. The number of hydrogen-bond donors (Lipinski definition) is 10. The van der Waals surface area contributed by atoms with Crippen molar-refractivity contribution in [3.8, 4) is 0 Å². The second-order valence-corrected chi connectivity index (χ2v) is 29.7. The van der Waals surface area contributed by atoms with Crippen LogP contribution in [0, 0.1) is 0 Å². The lowest BCUT2D eigenvalue weighted by molar-refractivity contribution is -0.112. The molecule has 0 radical (unpaired) electrons. The number of hydrogen-bond acceptors (Lipinski definition) is 30. The van der Waals surface area contributed by atoms with Crippen molar-refractivity contribution in [1.29, 1.82) is 0 Å². The number of rotatable bonds is 25. The highest BCUT2D eigenvalue weighted by Gasteiger charge is 2.25. The zero-order valence-corrected chi connectivity index (χ0v) is 71.1. The minimum Gasteiger partial charge on any atom is -0.506 e. The SMILES string of the molecule is CC1=C(O)C(=Nc2c(NCCn3ccnc3)nn3ccccc23)C=CC1=O.NC1=CC(=O)C(=Nc2c(NCCn3ccnc3)nn3ccccc23)C=C1.NC1=CC(=O)C=CC1=Nc1c(NCCn2ccnc2)nn2ccccc12.O=C1C=C(O)C(Cl)=CC1=Nc1c(NCCn2ccnc2)nn2ccccc12.O=C1C=CC(=Nc2c(NCCn3ccnc3)nn3ccccc23)C(O)=C1. The number of carbonyl (C=O) groups is 5. The van der Waals surface area contributed by atoms with E-state index in [-0.39, 0.29) is 56.7 Å². The van der Waals surface area contributed by atoms with Crippen LogP contribution in [-0.2, 0) is 56.7 Å². The van der Waals surface area contributed by atoms with E-state index >= 15 is 0 Å². The number of halogens is 1. The molecule has 0 aliphatic heterocycles. The molecule has 0 aromatic carbocycles. The van der Waals surface area contributed by atoms with Crippen molar-refractivity contribution in [2.75, 3.05) is 59.3 Å². The number of fused-ring (bicyclic) bond motifs is 5. The monoisotopic (exact) mass is 1790 g/mol. The molecule has 0 saturated carbocycles. The van der Waals surface area contributed by atoms with E-state index in [2.05, 4.69) is 102 Å². The van der Waals surface area contributed by atoms with Gasteiger partial charge >= 0.3 is 0 Å². The molecule has 40 nitrogen and oxygen atoms in total. The van der Waals surface area contributed by atoms with Crippen LogP contribution in [0.4, 0.5) is 57.5 Å². The molecule has 20 rings (SSSR count). The summed E-state index contributed by atoms with van der Waals surface area (Å²) in [5.74, 6) is 1.23. The summed E-state index contributed by atoms with van der Waals surface area (Å²) in [6, 6.07) is 28.4. The maximum atomic E-state index is 12.2. The number of aliphatic hydroxyl groups excluding tert-OH is 3. The summed E-state index contributed by atoms with van der Waals surface area (Å²) < 4.78 is 18.4. The van der Waals surface area contributed by atoms with E-state index in [1.165, 1.54) is 48.6 Å². The normalized spacial score (nSPS) is 15.7. The van der Waals surface area contributed by atoms with Crippen molar-refractivity contribution in [2.45, 2.75) is 39.6 Å². The lowest BCUT2D eigenvalue weighted by Gasteiger charge is -2.10. The van der Waals surface area contributed by atoms with Crippen LogP contribution in [0.1, 0.15) is 6.92 Å². The molecule has 15 aromatic heterocycles. The molecule has 662 valence electrons. The van der Waals surface area contributed by atoms with E-state index < -0.39 is 5.78 Å². The highest BCUT2D eigenvalue weighted by molar-refractivity contribution is 6.52. The standard InChI is InChI=1S/C19H18N6O2.C18H15ClN6O2.2C18H17N7O.C18H16N6O2/c1-13-16(26)6-5-14(18(13)27)22-17-15-4-2-3-9-25(15)23-19(17)21-8-11-24-10-7-20-12-24;19-12-9-13(16(27)10-15(12)26)22-17-14-3-1-2-6-25(14)23-18(17)21-5-8-24-7-4-20-11-24;19-14-11-13(26)4-5-15(14)22-17-16-3-1-2-8-25(16)23-18(17)21-7-10-24-9-6-20-12-24;19-13-4-5-14(16(26)11-13)22-17-15-3-1-2-8-25(15)23-18(17)21-7-10-24-9-6-20-12-24;25-13-4-5-14(16(26)11-13)21-17-15-3-1-2-8-24(15)22-18(17)20-7-10-23-9-6-19-12-23/h2-7,9-10,12,27H,8,11H2,1H3,(H,21,23);1-4,6-7,9-11,26H,5,8H2,(H,21,23);2*1-6,8-9,11-12H,7,10,19H2,(H,21,23);1-6,8-9,11-12,26H,7,10H2,(H,20,22). The van der Waals surface area contributed by atoms with Crippen LogP contribution in [0.15, 0.2) is 359 Å². The molecule has 0 amide bonds. The van der Waals surface area contributed by atoms with Gasteiger partial charge in [0.2, 0.25) is 11.6 Å². The molecule has 0 unspecified atom stereocenters. The molecule has 0 bridgehead atoms. The number of nitrogens with zero attached hydrogens (tertiary/aromatic N) is 25. The molecule has 5 aliphatic carbocycles. The molecule has 15 aromatic rings. The van der Waals surface area contributed by atoms with Gasteiger partial charge in [-0.1, -0.05) is 41.9 Å². The zero-order chi connectivity index (χ0) is 91.4. The van der Waals surface area contributed by atoms with Gasteiger partial charge in [0.1, 0.15) is 68.6 Å². The smallest absolute Gasteiger partial charge is 0.207 e. The number of nitrogens with one attached hydrogen (secondary N) is 5. The molecule has 41 heteroatoms. The molecule has 0 spiro atoms. The number of carbonyl (C=O) groups excluding carboxylic acids is 5. The number of allylic oxidation sites excluding steroid dienone is 15. The zero-order valence-electron chi connectivity index (χ0n) is 70.4. The Morgan fingerprint density at radius 2 is 0.652 bits per heavy atom. The summed E-state index contributed by atoms with van der Waals surface area (Å²) in [6.45, 7) is 8.40. The molecule has 5 aliphatic rings. The minimum atomic E-state index is -0.420. The van der Waals surface area contributed by atoms with Gasteiger partial charge in [-0.15, -0.1) is 25.5 Å². The summed E-state index contributed by atoms with van der Waals surface area (Å²) in [4.78, 5) is 102. The van der Waals surface area contributed by atoms with Crippen LogP contribution in [0.25, 0.3) is 27.6 Å². The van der Waals surface area contributed by atoms with Gasteiger partial charge in [0.05, 0.1) is 75.7 Å². The third-order valence-corrected chi connectivity index (χ3v) is 20.5. The van der Waals surface area contributed by atoms with Crippen molar-refractivity contribution >= 4 is 154 Å². The number of pyridine rings is 5. The first-order valence-corrected chi connectivity index (χ1v) is 41.5. The summed E-state index contributed by atoms with van der Waals surface area (Å²) in [5, 5.41) is 69.0. The average Bonchev–Trinajstić information content (AvgIpc) is 1.63. The molecule has 0 fully saturated rings. The van der Waals surface area contributed by atoms with E-state index in [1.807, 2.05) is 170 Å². The Hall–Kier alpha value is -18.1. The van der Waals surface area contributed by atoms with Gasteiger partial charge < -0.3 is 76.2 Å².